The van der Waals surface area contributed by atoms with Gasteiger partial charge in [0.25, 0.3) is 0 Å². The summed E-state index contributed by atoms with van der Waals surface area (Å²) >= 11 is 0. The third-order valence-corrected chi connectivity index (χ3v) is 2.52. The zero-order valence-corrected chi connectivity index (χ0v) is 10.3. The van der Waals surface area contributed by atoms with Crippen molar-refractivity contribution in [2.75, 3.05) is 0 Å². The van der Waals surface area contributed by atoms with Crippen LogP contribution >= 0.6 is 0 Å². The number of hydrogen-bond acceptors (Lipinski definition) is 3. The van der Waals surface area contributed by atoms with Gasteiger partial charge in [0.15, 0.2) is 0 Å². The van der Waals surface area contributed by atoms with E-state index < -0.39 is 6.04 Å². The van der Waals surface area contributed by atoms with Crippen LogP contribution in [0.4, 0.5) is 0 Å². The molecular weight excluding hydrogens is 190 g/mol. The largest absolute Gasteiger partial charge is 0.462 e. The van der Waals surface area contributed by atoms with E-state index in [1.165, 1.54) is 19.3 Å². The molecule has 0 saturated heterocycles. The summed E-state index contributed by atoms with van der Waals surface area (Å²) in [5, 5.41) is 0. The van der Waals surface area contributed by atoms with Gasteiger partial charge >= 0.3 is 5.97 Å². The molecule has 2 N–H and O–H groups in total. The minimum absolute atomic E-state index is 0.00644. The average Bonchev–Trinajstić information content (AvgIpc) is 2.23. The maximum atomic E-state index is 11.3. The molecule has 0 amide bonds. The van der Waals surface area contributed by atoms with Crippen LogP contribution in [0.15, 0.2) is 0 Å². The van der Waals surface area contributed by atoms with Crippen LogP contribution < -0.4 is 5.73 Å². The van der Waals surface area contributed by atoms with Crippen molar-refractivity contribution < 1.29 is 9.53 Å². The van der Waals surface area contributed by atoms with Gasteiger partial charge in [0.2, 0.25) is 0 Å². The highest BCUT2D eigenvalue weighted by Crippen LogP contribution is 2.08. The second-order valence-electron chi connectivity index (χ2n) is 4.11. The van der Waals surface area contributed by atoms with Crippen molar-refractivity contribution in [3.05, 3.63) is 0 Å². The van der Waals surface area contributed by atoms with Crippen LogP contribution in [0.1, 0.15) is 59.3 Å². The molecule has 0 saturated carbocycles. The fraction of sp³-hybridized carbons (Fsp3) is 0.917. The molecule has 2 atom stereocenters. The Bertz CT molecular complexity index is 171. The van der Waals surface area contributed by atoms with Crippen molar-refractivity contribution in [3.8, 4) is 0 Å². The van der Waals surface area contributed by atoms with Crippen LogP contribution in [0.3, 0.4) is 0 Å². The number of carbonyl (C=O) groups is 1. The molecule has 0 spiro atoms. The van der Waals surface area contributed by atoms with E-state index in [2.05, 4.69) is 6.92 Å². The zero-order chi connectivity index (χ0) is 11.7. The van der Waals surface area contributed by atoms with Gasteiger partial charge in [-0.1, -0.05) is 33.1 Å². The number of ether oxygens (including phenoxy) is 1. The number of nitrogens with two attached hydrogens (primary N) is 1. The molecule has 15 heavy (non-hydrogen) atoms. The third-order valence-electron chi connectivity index (χ3n) is 2.52. The summed E-state index contributed by atoms with van der Waals surface area (Å²) in [5.41, 5.74) is 5.57. The zero-order valence-electron chi connectivity index (χ0n) is 10.3. The number of hydrogen-bond donors (Lipinski definition) is 1. The van der Waals surface area contributed by atoms with E-state index in [1.807, 2.05) is 13.8 Å². The molecule has 0 radical (unpaired) electrons. The van der Waals surface area contributed by atoms with Gasteiger partial charge in [0.05, 0.1) is 6.10 Å². The summed E-state index contributed by atoms with van der Waals surface area (Å²) in [4.78, 5) is 11.3. The van der Waals surface area contributed by atoms with Gasteiger partial charge in [-0.15, -0.1) is 0 Å². The molecule has 3 nitrogen and oxygen atoms in total. The fourth-order valence-electron chi connectivity index (χ4n) is 1.37. The van der Waals surface area contributed by atoms with Crippen molar-refractivity contribution >= 4 is 5.97 Å². The minimum Gasteiger partial charge on any atom is -0.462 e. The minimum atomic E-state index is -0.455. The van der Waals surface area contributed by atoms with Crippen LogP contribution in [-0.2, 0) is 9.53 Å². The van der Waals surface area contributed by atoms with Crippen LogP contribution in [0, 0.1) is 0 Å². The Morgan fingerprint density at radius 3 is 2.47 bits per heavy atom. The molecule has 0 aliphatic carbocycles. The lowest BCUT2D eigenvalue weighted by Crippen LogP contribution is -2.33. The first-order valence-corrected chi connectivity index (χ1v) is 6.07. The Kier molecular flexibility index (Phi) is 8.38. The second kappa shape index (κ2) is 8.72. The smallest absolute Gasteiger partial charge is 0.323 e. The Balaban J connectivity index is 3.55. The molecule has 1 unspecified atom stereocenters. The van der Waals surface area contributed by atoms with Crippen molar-refractivity contribution in [1.82, 2.24) is 0 Å². The van der Waals surface area contributed by atoms with Crippen molar-refractivity contribution in [1.29, 1.82) is 0 Å². The molecule has 0 aliphatic rings. The monoisotopic (exact) mass is 215 g/mol. The van der Waals surface area contributed by atoms with Crippen LogP contribution in [0.5, 0.6) is 0 Å². The molecule has 0 aromatic heterocycles. The Labute approximate surface area is 93.4 Å². The molecule has 3 heteroatoms. The molecule has 0 aromatic rings. The topological polar surface area (TPSA) is 52.3 Å². The Morgan fingerprint density at radius 2 is 1.93 bits per heavy atom. The number of rotatable bonds is 8. The van der Waals surface area contributed by atoms with Crippen LogP contribution in [-0.4, -0.2) is 18.1 Å². The molecule has 0 heterocycles. The first-order valence-electron chi connectivity index (χ1n) is 6.07. The lowest BCUT2D eigenvalue weighted by atomic mass is 10.1. The van der Waals surface area contributed by atoms with E-state index in [0.29, 0.717) is 6.42 Å². The number of unbranched alkanes of at least 4 members (excludes halogenated alkanes) is 3. The third kappa shape index (κ3) is 7.37. The van der Waals surface area contributed by atoms with E-state index in [9.17, 15) is 4.79 Å². The molecule has 0 aromatic carbocycles. The fourth-order valence-corrected chi connectivity index (χ4v) is 1.37. The standard InChI is InChI=1S/C12H25NO2/c1-4-6-7-8-9-10(3)15-12(14)11(13)5-2/h10-11H,4-9,13H2,1-3H3/t10?,11-/m1/s1. The SMILES string of the molecule is CCCCCCC(C)OC(=O)[C@H](N)CC. The number of carbonyl (C=O) groups excluding carboxylic acids is 1. The van der Waals surface area contributed by atoms with Gasteiger partial charge in [-0.2, -0.15) is 0 Å². The lowest BCUT2D eigenvalue weighted by molar-refractivity contribution is -0.150. The van der Waals surface area contributed by atoms with Crippen LogP contribution in [0.25, 0.3) is 0 Å². The highest BCUT2D eigenvalue weighted by Gasteiger charge is 2.15. The lowest BCUT2D eigenvalue weighted by Gasteiger charge is -2.15. The predicted octanol–water partition coefficient (Wildman–Crippen LogP) is 2.63. The van der Waals surface area contributed by atoms with Crippen molar-refractivity contribution in [2.45, 2.75) is 71.4 Å². The summed E-state index contributed by atoms with van der Waals surface area (Å²) < 4.78 is 5.22. The van der Waals surface area contributed by atoms with E-state index >= 15 is 0 Å². The highest BCUT2D eigenvalue weighted by molar-refractivity contribution is 5.75. The van der Waals surface area contributed by atoms with Gasteiger partial charge in [-0.3, -0.25) is 4.79 Å². The maximum Gasteiger partial charge on any atom is 0.323 e. The Morgan fingerprint density at radius 1 is 1.27 bits per heavy atom. The van der Waals surface area contributed by atoms with Crippen LogP contribution in [0.2, 0.25) is 0 Å². The van der Waals surface area contributed by atoms with Crippen molar-refractivity contribution in [2.24, 2.45) is 5.73 Å². The normalized spacial score (nSPS) is 14.7. The number of esters is 1. The van der Waals surface area contributed by atoms with Gasteiger partial charge in [0, 0.05) is 0 Å². The molecule has 0 fully saturated rings. The molecule has 90 valence electrons. The molecule has 0 aliphatic heterocycles. The van der Waals surface area contributed by atoms with Gasteiger partial charge in [-0.25, -0.2) is 0 Å². The average molecular weight is 215 g/mol. The first-order chi connectivity index (χ1) is 7.11. The highest BCUT2D eigenvalue weighted by atomic mass is 16.5. The molecule has 0 bridgehead atoms. The van der Waals surface area contributed by atoms with Gasteiger partial charge in [-0.05, 0) is 26.2 Å². The summed E-state index contributed by atoms with van der Waals surface area (Å²) in [7, 11) is 0. The summed E-state index contributed by atoms with van der Waals surface area (Å²) in [6.07, 6.45) is 6.43. The summed E-state index contributed by atoms with van der Waals surface area (Å²) in [6, 6.07) is -0.455. The Hall–Kier alpha value is -0.570. The van der Waals surface area contributed by atoms with E-state index in [0.717, 1.165) is 12.8 Å². The predicted molar refractivity (Wildman–Crippen MR) is 62.6 cm³/mol. The molecule has 0 rings (SSSR count). The second-order valence-corrected chi connectivity index (χ2v) is 4.11. The van der Waals surface area contributed by atoms with Crippen molar-refractivity contribution in [3.63, 3.8) is 0 Å². The summed E-state index contributed by atoms with van der Waals surface area (Å²) in [6.45, 7) is 6.01. The van der Waals surface area contributed by atoms with E-state index in [4.69, 9.17) is 10.5 Å². The maximum absolute atomic E-state index is 11.3. The molecular formula is C12H25NO2. The van der Waals surface area contributed by atoms with E-state index in [-0.39, 0.29) is 12.1 Å². The van der Waals surface area contributed by atoms with Gasteiger partial charge < -0.3 is 10.5 Å². The quantitative estimate of drug-likeness (QED) is 0.500. The first kappa shape index (κ1) is 14.4. The summed E-state index contributed by atoms with van der Waals surface area (Å²) in [5.74, 6) is -0.263. The van der Waals surface area contributed by atoms with Gasteiger partial charge in [0.1, 0.15) is 6.04 Å². The van der Waals surface area contributed by atoms with E-state index in [1.54, 1.807) is 0 Å².